The van der Waals surface area contributed by atoms with Gasteiger partial charge in [0.1, 0.15) is 22.9 Å². The minimum absolute atomic E-state index is 0.0691. The monoisotopic (exact) mass is 674 g/mol. The van der Waals surface area contributed by atoms with E-state index in [1.165, 1.54) is 15.2 Å². The summed E-state index contributed by atoms with van der Waals surface area (Å²) in [5.41, 5.74) is 3.25. The summed E-state index contributed by atoms with van der Waals surface area (Å²) < 4.78 is 28.9. The van der Waals surface area contributed by atoms with Gasteiger partial charge in [0.15, 0.2) is 5.65 Å². The standard InChI is InChI=1S/C40H39FN4O5/c41-30-23-36-38(42-24-30)44(32-6-3-5-27(20-32)35-15-13-33(46)21-29(35)25-43-16-18-49-19-17-43)40(48)45(39(36)47)31-11-8-26(9-12-31)10-14-34-22-28-4-1-2-7-37(28)50-34/h1-7,13,15,20-24,26,31,46H,8-12,14,16-19,25H2. The fraction of sp³-hybridized carbons (Fsp3) is 0.325. The fourth-order valence-corrected chi connectivity index (χ4v) is 7.74. The number of hydrogen-bond donors (Lipinski definition) is 1. The number of rotatable bonds is 8. The van der Waals surface area contributed by atoms with E-state index in [2.05, 4.69) is 22.0 Å². The normalized spacial score (nSPS) is 18.6. The molecular formula is C40H39FN4O5. The number of phenols is 1. The van der Waals surface area contributed by atoms with Crippen molar-refractivity contribution in [2.45, 2.75) is 51.1 Å². The van der Waals surface area contributed by atoms with Crippen LogP contribution < -0.4 is 11.2 Å². The van der Waals surface area contributed by atoms with Gasteiger partial charge in [-0.15, -0.1) is 0 Å². The highest BCUT2D eigenvalue weighted by atomic mass is 19.1. The molecule has 8 rings (SSSR count). The number of morpholine rings is 1. The van der Waals surface area contributed by atoms with Crippen LogP contribution in [0.25, 0.3) is 38.8 Å². The summed E-state index contributed by atoms with van der Waals surface area (Å²) in [7, 11) is 0. The average molecular weight is 675 g/mol. The van der Waals surface area contributed by atoms with Crippen molar-refractivity contribution < 1.29 is 18.7 Å². The Morgan fingerprint density at radius 2 is 1.72 bits per heavy atom. The van der Waals surface area contributed by atoms with Gasteiger partial charge in [-0.1, -0.05) is 36.4 Å². The first-order valence-corrected chi connectivity index (χ1v) is 17.4. The van der Waals surface area contributed by atoms with E-state index in [1.54, 1.807) is 18.2 Å². The first-order chi connectivity index (χ1) is 24.4. The lowest BCUT2D eigenvalue weighted by Gasteiger charge is -2.30. The zero-order valence-electron chi connectivity index (χ0n) is 27.8. The number of aryl methyl sites for hydroxylation is 1. The Hall–Kier alpha value is -5.06. The third-order valence-corrected chi connectivity index (χ3v) is 10.4. The van der Waals surface area contributed by atoms with E-state index in [-0.39, 0.29) is 22.8 Å². The molecule has 2 fully saturated rings. The summed E-state index contributed by atoms with van der Waals surface area (Å²) in [5.74, 6) is 0.967. The van der Waals surface area contributed by atoms with E-state index < -0.39 is 17.1 Å². The molecule has 4 heterocycles. The molecule has 6 aromatic rings. The summed E-state index contributed by atoms with van der Waals surface area (Å²) in [5, 5.41) is 11.5. The number of aromatic hydroxyl groups is 1. The molecule has 3 aromatic carbocycles. The van der Waals surface area contributed by atoms with Crippen molar-refractivity contribution in [1.29, 1.82) is 0 Å². The lowest BCUT2D eigenvalue weighted by Crippen LogP contribution is -2.43. The van der Waals surface area contributed by atoms with Crippen LogP contribution >= 0.6 is 0 Å². The van der Waals surface area contributed by atoms with Gasteiger partial charge in [0, 0.05) is 37.5 Å². The Labute approximate surface area is 288 Å². The van der Waals surface area contributed by atoms with E-state index in [4.69, 9.17) is 9.15 Å². The number of ether oxygens (including phenoxy) is 1. The van der Waals surface area contributed by atoms with Crippen LogP contribution in [-0.2, 0) is 17.7 Å². The van der Waals surface area contributed by atoms with Crippen LogP contribution in [0.15, 0.2) is 99.1 Å². The molecule has 9 nitrogen and oxygen atoms in total. The zero-order chi connectivity index (χ0) is 34.2. The first kappa shape index (κ1) is 32.2. The molecule has 3 aromatic heterocycles. The second-order valence-corrected chi connectivity index (χ2v) is 13.6. The van der Waals surface area contributed by atoms with Crippen molar-refractivity contribution in [3.8, 4) is 22.6 Å². The number of aromatic nitrogens is 3. The van der Waals surface area contributed by atoms with E-state index in [0.717, 1.165) is 78.4 Å². The molecule has 2 aliphatic rings. The number of halogens is 1. The van der Waals surface area contributed by atoms with E-state index >= 15 is 0 Å². The van der Waals surface area contributed by atoms with Crippen molar-refractivity contribution in [1.82, 2.24) is 19.0 Å². The number of hydrogen-bond acceptors (Lipinski definition) is 7. The average Bonchev–Trinajstić information content (AvgIpc) is 3.56. The van der Waals surface area contributed by atoms with Crippen molar-refractivity contribution >= 4 is 22.0 Å². The largest absolute Gasteiger partial charge is 0.508 e. The van der Waals surface area contributed by atoms with E-state index in [0.29, 0.717) is 44.2 Å². The highest BCUT2D eigenvalue weighted by Gasteiger charge is 2.28. The fourth-order valence-electron chi connectivity index (χ4n) is 7.74. The molecular weight excluding hydrogens is 635 g/mol. The summed E-state index contributed by atoms with van der Waals surface area (Å²) in [4.78, 5) is 34.9. The van der Waals surface area contributed by atoms with Crippen molar-refractivity contribution in [2.24, 2.45) is 5.92 Å². The number of furan rings is 1. The Bertz CT molecular complexity index is 2260. The SMILES string of the molecule is O=c1c2cc(F)cnc2n(-c2cccc(-c3ccc(O)cc3CN3CCOCC3)c2)c(=O)n1C1CCC(CCc2cc3ccccc3o2)CC1. The van der Waals surface area contributed by atoms with Crippen molar-refractivity contribution in [3.63, 3.8) is 0 Å². The van der Waals surface area contributed by atoms with Crippen molar-refractivity contribution in [2.75, 3.05) is 26.3 Å². The lowest BCUT2D eigenvalue weighted by molar-refractivity contribution is 0.0342. The van der Waals surface area contributed by atoms with Crippen LogP contribution in [0.4, 0.5) is 4.39 Å². The Kier molecular flexibility index (Phi) is 8.80. The molecule has 0 unspecified atom stereocenters. The lowest BCUT2D eigenvalue weighted by atomic mass is 9.83. The summed E-state index contributed by atoms with van der Waals surface area (Å²) >= 11 is 0. The molecule has 1 N–H and O–H groups in total. The topological polar surface area (TPSA) is 103 Å². The van der Waals surface area contributed by atoms with Crippen LogP contribution in [0.5, 0.6) is 5.75 Å². The molecule has 10 heteroatoms. The Morgan fingerprint density at radius 3 is 2.54 bits per heavy atom. The first-order valence-electron chi connectivity index (χ1n) is 17.4. The molecule has 0 amide bonds. The maximum atomic E-state index is 14.6. The van der Waals surface area contributed by atoms with Gasteiger partial charge in [-0.05, 0) is 97.2 Å². The number of para-hydroxylation sites is 1. The van der Waals surface area contributed by atoms with E-state index in [9.17, 15) is 19.1 Å². The number of fused-ring (bicyclic) bond motifs is 2. The quantitative estimate of drug-likeness (QED) is 0.186. The molecule has 0 radical (unpaired) electrons. The Balaban J connectivity index is 1.10. The highest BCUT2D eigenvalue weighted by molar-refractivity contribution is 5.78. The van der Waals surface area contributed by atoms with E-state index in [1.807, 2.05) is 42.5 Å². The minimum Gasteiger partial charge on any atom is -0.508 e. The van der Waals surface area contributed by atoms with Gasteiger partial charge in [0.25, 0.3) is 5.56 Å². The molecule has 50 heavy (non-hydrogen) atoms. The minimum atomic E-state index is -0.633. The third kappa shape index (κ3) is 6.36. The predicted molar refractivity (Wildman–Crippen MR) is 190 cm³/mol. The number of phenolic OH excluding ortho intramolecular Hbond substituents is 1. The van der Waals surface area contributed by atoms with Gasteiger partial charge in [-0.25, -0.2) is 18.7 Å². The molecule has 1 saturated heterocycles. The van der Waals surface area contributed by atoms with Crippen molar-refractivity contribution in [3.05, 3.63) is 123 Å². The number of benzene rings is 3. The maximum Gasteiger partial charge on any atom is 0.337 e. The molecule has 1 saturated carbocycles. The number of pyridine rings is 1. The molecule has 0 spiro atoms. The maximum absolute atomic E-state index is 14.6. The zero-order valence-corrected chi connectivity index (χ0v) is 27.8. The molecule has 0 atom stereocenters. The van der Waals surface area contributed by atoms with Crippen LogP contribution in [0.3, 0.4) is 0 Å². The second-order valence-electron chi connectivity index (χ2n) is 13.6. The Morgan fingerprint density at radius 1 is 0.900 bits per heavy atom. The molecule has 1 aliphatic heterocycles. The van der Waals surface area contributed by atoms with Crippen LogP contribution in [-0.4, -0.2) is 50.4 Å². The van der Waals surface area contributed by atoms with Crippen LogP contribution in [0.2, 0.25) is 0 Å². The number of nitrogens with zero attached hydrogens (tertiary/aromatic N) is 4. The van der Waals surface area contributed by atoms with Crippen LogP contribution in [0.1, 0.15) is 49.5 Å². The van der Waals surface area contributed by atoms with Crippen LogP contribution in [0, 0.1) is 11.7 Å². The van der Waals surface area contributed by atoms with Gasteiger partial charge in [-0.3, -0.25) is 14.3 Å². The molecule has 1 aliphatic carbocycles. The predicted octanol–water partition coefficient (Wildman–Crippen LogP) is 7.00. The second kappa shape index (κ2) is 13.7. The smallest absolute Gasteiger partial charge is 0.337 e. The molecule has 256 valence electrons. The summed E-state index contributed by atoms with van der Waals surface area (Å²) in [6.07, 6.45) is 5.94. The molecule has 0 bridgehead atoms. The van der Waals surface area contributed by atoms with Gasteiger partial charge >= 0.3 is 5.69 Å². The van der Waals surface area contributed by atoms with Gasteiger partial charge in [0.05, 0.1) is 30.5 Å². The summed E-state index contributed by atoms with van der Waals surface area (Å²) in [6.45, 7) is 3.54. The third-order valence-electron chi connectivity index (χ3n) is 10.4. The van der Waals surface area contributed by atoms with Gasteiger partial charge in [-0.2, -0.15) is 0 Å². The van der Waals surface area contributed by atoms with Gasteiger partial charge in [0.2, 0.25) is 0 Å². The summed E-state index contributed by atoms with van der Waals surface area (Å²) in [6, 6.07) is 23.8. The highest BCUT2D eigenvalue weighted by Crippen LogP contribution is 2.35. The van der Waals surface area contributed by atoms with Gasteiger partial charge < -0.3 is 14.3 Å².